The van der Waals surface area contributed by atoms with Crippen LogP contribution in [0.5, 0.6) is 0 Å². The number of carbonyl (C=O) groups is 2. The molecule has 1 aromatic carbocycles. The smallest absolute Gasteiger partial charge is 0.353 e. The molecule has 9 heteroatoms. The molecule has 1 aliphatic carbocycles. The molecular weight excluding hydrogens is 423 g/mol. The van der Waals surface area contributed by atoms with Crippen molar-refractivity contribution in [2.24, 2.45) is 0 Å². The van der Waals surface area contributed by atoms with Gasteiger partial charge >= 0.3 is 6.18 Å². The fourth-order valence-corrected chi connectivity index (χ4v) is 4.45. The van der Waals surface area contributed by atoms with E-state index in [1.165, 1.54) is 17.0 Å². The summed E-state index contributed by atoms with van der Waals surface area (Å²) in [4.78, 5) is 31.8. The van der Waals surface area contributed by atoms with Crippen molar-refractivity contribution in [2.75, 3.05) is 6.61 Å². The SMILES string of the molecule is O=C(NCc1ccncc1)C1COC2(CCCCC2)N1C(=O)c1cccc(C(F)(F)F)c1. The number of aromatic nitrogens is 1. The van der Waals surface area contributed by atoms with E-state index >= 15 is 0 Å². The Kier molecular flexibility index (Phi) is 6.19. The summed E-state index contributed by atoms with van der Waals surface area (Å²) in [6.07, 6.45) is 2.37. The highest BCUT2D eigenvalue weighted by molar-refractivity contribution is 5.98. The third kappa shape index (κ3) is 4.48. The minimum absolute atomic E-state index is 0.00683. The first-order valence-electron chi connectivity index (χ1n) is 10.6. The topological polar surface area (TPSA) is 71.5 Å². The summed E-state index contributed by atoms with van der Waals surface area (Å²) in [7, 11) is 0. The van der Waals surface area contributed by atoms with E-state index < -0.39 is 35.3 Å². The molecule has 1 saturated carbocycles. The van der Waals surface area contributed by atoms with Gasteiger partial charge in [0.2, 0.25) is 5.91 Å². The Labute approximate surface area is 183 Å². The van der Waals surface area contributed by atoms with Crippen molar-refractivity contribution in [3.63, 3.8) is 0 Å². The third-order valence-electron chi connectivity index (χ3n) is 6.07. The molecule has 1 spiro atoms. The number of benzene rings is 1. The molecular formula is C23H24F3N3O3. The van der Waals surface area contributed by atoms with Gasteiger partial charge in [-0.05, 0) is 61.6 Å². The van der Waals surface area contributed by atoms with Crippen LogP contribution in [0.1, 0.15) is 53.6 Å². The maximum atomic E-state index is 13.5. The molecule has 170 valence electrons. The Hall–Kier alpha value is -2.94. The Balaban J connectivity index is 1.61. The van der Waals surface area contributed by atoms with Crippen molar-refractivity contribution in [1.29, 1.82) is 0 Å². The maximum absolute atomic E-state index is 13.5. The number of pyridine rings is 1. The molecule has 4 rings (SSSR count). The first-order valence-corrected chi connectivity index (χ1v) is 10.6. The van der Waals surface area contributed by atoms with Gasteiger partial charge in [0.15, 0.2) is 0 Å². The molecule has 1 atom stereocenters. The number of hydrogen-bond acceptors (Lipinski definition) is 4. The van der Waals surface area contributed by atoms with Gasteiger partial charge in [-0.15, -0.1) is 0 Å². The summed E-state index contributed by atoms with van der Waals surface area (Å²) in [6, 6.07) is 6.92. The highest BCUT2D eigenvalue weighted by atomic mass is 19.4. The number of rotatable bonds is 4. The van der Waals surface area contributed by atoms with E-state index in [4.69, 9.17) is 4.74 Å². The summed E-state index contributed by atoms with van der Waals surface area (Å²) in [5.74, 6) is -1.02. The molecule has 1 N–H and O–H groups in total. The lowest BCUT2D eigenvalue weighted by atomic mass is 9.89. The monoisotopic (exact) mass is 447 g/mol. The molecule has 2 aliphatic rings. The van der Waals surface area contributed by atoms with Gasteiger partial charge in [-0.25, -0.2) is 0 Å². The molecule has 6 nitrogen and oxygen atoms in total. The normalized spacial score (nSPS) is 20.3. The maximum Gasteiger partial charge on any atom is 0.416 e. The van der Waals surface area contributed by atoms with Crippen LogP contribution in [0.25, 0.3) is 0 Å². The first-order chi connectivity index (χ1) is 15.3. The fourth-order valence-electron chi connectivity index (χ4n) is 4.45. The molecule has 2 heterocycles. The summed E-state index contributed by atoms with van der Waals surface area (Å²) < 4.78 is 45.6. The van der Waals surface area contributed by atoms with E-state index in [0.29, 0.717) is 12.8 Å². The third-order valence-corrected chi connectivity index (χ3v) is 6.07. The number of ether oxygens (including phenoxy) is 1. The number of alkyl halides is 3. The van der Waals surface area contributed by atoms with Crippen molar-refractivity contribution < 1.29 is 27.5 Å². The molecule has 2 aromatic rings. The van der Waals surface area contributed by atoms with Crippen molar-refractivity contribution in [2.45, 2.75) is 56.6 Å². The highest BCUT2D eigenvalue weighted by Gasteiger charge is 2.53. The van der Waals surface area contributed by atoms with Gasteiger partial charge in [0.05, 0.1) is 12.2 Å². The predicted octanol–water partition coefficient (Wildman–Crippen LogP) is 3.92. The van der Waals surface area contributed by atoms with E-state index in [2.05, 4.69) is 10.3 Å². The predicted molar refractivity (Wildman–Crippen MR) is 109 cm³/mol. The van der Waals surface area contributed by atoms with E-state index in [0.717, 1.165) is 37.0 Å². The van der Waals surface area contributed by atoms with Crippen molar-refractivity contribution in [3.8, 4) is 0 Å². The van der Waals surface area contributed by atoms with Gasteiger partial charge in [0.25, 0.3) is 5.91 Å². The molecule has 0 radical (unpaired) electrons. The molecule has 2 amide bonds. The number of hydrogen-bond donors (Lipinski definition) is 1. The molecule has 32 heavy (non-hydrogen) atoms. The van der Waals surface area contributed by atoms with Crippen LogP contribution in [0.15, 0.2) is 48.8 Å². The second-order valence-electron chi connectivity index (χ2n) is 8.16. The molecule has 1 saturated heterocycles. The Morgan fingerprint density at radius 3 is 2.53 bits per heavy atom. The average molecular weight is 447 g/mol. The van der Waals surface area contributed by atoms with Crippen molar-refractivity contribution in [1.82, 2.24) is 15.2 Å². The first kappa shape index (κ1) is 22.3. The standard InChI is InChI=1S/C23H24F3N3O3/c24-23(25,26)18-6-4-5-17(13-18)21(31)29-19(15-32-22(29)9-2-1-3-10-22)20(30)28-14-16-7-11-27-12-8-16/h4-8,11-13,19H,1-3,9-10,14-15H2,(H,28,30). The molecule has 2 fully saturated rings. The van der Waals surface area contributed by atoms with Gasteiger partial charge < -0.3 is 10.1 Å². The van der Waals surface area contributed by atoms with Crippen molar-refractivity contribution >= 4 is 11.8 Å². The summed E-state index contributed by atoms with van der Waals surface area (Å²) in [5.41, 5.74) is -1.14. The number of amides is 2. The van der Waals surface area contributed by atoms with E-state index in [1.807, 2.05) is 0 Å². The number of nitrogens with zero attached hydrogens (tertiary/aromatic N) is 2. The molecule has 1 aromatic heterocycles. The van der Waals surface area contributed by atoms with E-state index in [-0.39, 0.29) is 18.7 Å². The minimum Gasteiger partial charge on any atom is -0.353 e. The highest BCUT2D eigenvalue weighted by Crippen LogP contribution is 2.41. The number of halogens is 3. The van der Waals surface area contributed by atoms with Gasteiger partial charge in [-0.2, -0.15) is 13.2 Å². The summed E-state index contributed by atoms with van der Waals surface area (Å²) >= 11 is 0. The van der Waals surface area contributed by atoms with E-state index in [1.54, 1.807) is 24.5 Å². The Morgan fingerprint density at radius 1 is 1.12 bits per heavy atom. The molecule has 1 aliphatic heterocycles. The van der Waals surface area contributed by atoms with Gasteiger partial charge in [0, 0.05) is 24.5 Å². The van der Waals surface area contributed by atoms with Crippen molar-refractivity contribution in [3.05, 3.63) is 65.5 Å². The average Bonchev–Trinajstić information content (AvgIpc) is 3.16. The largest absolute Gasteiger partial charge is 0.416 e. The van der Waals surface area contributed by atoms with Crippen LogP contribution in [-0.2, 0) is 22.3 Å². The van der Waals surface area contributed by atoms with Crippen LogP contribution in [0.3, 0.4) is 0 Å². The zero-order valence-electron chi connectivity index (χ0n) is 17.4. The zero-order valence-corrected chi connectivity index (χ0v) is 17.4. The minimum atomic E-state index is -4.57. The van der Waals surface area contributed by atoms with Crippen LogP contribution in [-0.4, -0.2) is 40.1 Å². The lowest BCUT2D eigenvalue weighted by molar-refractivity contribution is -0.137. The Morgan fingerprint density at radius 2 is 1.84 bits per heavy atom. The van der Waals surface area contributed by atoms with Gasteiger partial charge in [0.1, 0.15) is 11.8 Å². The summed E-state index contributed by atoms with van der Waals surface area (Å²) in [6.45, 7) is 0.253. The van der Waals surface area contributed by atoms with E-state index in [9.17, 15) is 22.8 Å². The van der Waals surface area contributed by atoms with Crippen LogP contribution in [0, 0.1) is 0 Å². The van der Waals surface area contributed by atoms with Crippen LogP contribution in [0.4, 0.5) is 13.2 Å². The van der Waals surface area contributed by atoms with Gasteiger partial charge in [-0.3, -0.25) is 19.5 Å². The zero-order chi connectivity index (χ0) is 22.8. The summed E-state index contributed by atoms with van der Waals surface area (Å²) in [5, 5.41) is 2.81. The number of carbonyl (C=O) groups excluding carboxylic acids is 2. The quantitative estimate of drug-likeness (QED) is 0.771. The lowest BCUT2D eigenvalue weighted by Crippen LogP contribution is -2.56. The van der Waals surface area contributed by atoms with Crippen LogP contribution >= 0.6 is 0 Å². The number of nitrogens with one attached hydrogen (secondary N) is 1. The molecule has 0 bridgehead atoms. The van der Waals surface area contributed by atoms with Crippen LogP contribution in [0.2, 0.25) is 0 Å². The molecule has 1 unspecified atom stereocenters. The van der Waals surface area contributed by atoms with Crippen LogP contribution < -0.4 is 5.32 Å². The second kappa shape index (κ2) is 8.90. The lowest BCUT2D eigenvalue weighted by Gasteiger charge is -2.41. The Bertz CT molecular complexity index is 975. The van der Waals surface area contributed by atoms with Gasteiger partial charge in [-0.1, -0.05) is 12.5 Å². The second-order valence-corrected chi connectivity index (χ2v) is 8.16. The fraction of sp³-hybridized carbons (Fsp3) is 0.435.